The Morgan fingerprint density at radius 1 is 0.718 bits per heavy atom. The molecule has 4 aromatic carbocycles. The first-order valence-corrected chi connectivity index (χ1v) is 12.2. The summed E-state index contributed by atoms with van der Waals surface area (Å²) in [6, 6.07) is 25.4. The number of anilines is 5. The molecular weight excluding hydrogens is 492 g/mol. The zero-order chi connectivity index (χ0) is 28.3. The van der Waals surface area contributed by atoms with Crippen LogP contribution in [0.1, 0.15) is 5.56 Å². The Morgan fingerprint density at radius 3 is 1.46 bits per heavy atom. The van der Waals surface area contributed by atoms with Crippen molar-refractivity contribution in [1.82, 2.24) is 0 Å². The van der Waals surface area contributed by atoms with Crippen LogP contribution in [0.5, 0.6) is 0 Å². The lowest BCUT2D eigenvalue weighted by Crippen LogP contribution is -2.64. The van der Waals surface area contributed by atoms with E-state index in [-0.39, 0.29) is 10.4 Å². The highest BCUT2D eigenvalue weighted by atomic mass is 16.4. The zero-order valence-corrected chi connectivity index (χ0v) is 22.1. The monoisotopic (exact) mass is 520 g/mol. The van der Waals surface area contributed by atoms with Gasteiger partial charge in [0.15, 0.2) is 5.92 Å². The van der Waals surface area contributed by atoms with Gasteiger partial charge in [0.05, 0.1) is 16.5 Å². The van der Waals surface area contributed by atoms with Gasteiger partial charge in [-0.2, -0.15) is 5.26 Å². The SMILES string of the molecule is CN(C)c1ccc(N(c2ccc(C=c3c(=O)c(=CC(C#N)C(=O)O)c3=O)cc2)c2ccc(N(C)C)cc2)cc1. The van der Waals surface area contributed by atoms with Crippen molar-refractivity contribution in [3.05, 3.63) is 109 Å². The predicted molar refractivity (Wildman–Crippen MR) is 155 cm³/mol. The summed E-state index contributed by atoms with van der Waals surface area (Å²) in [6.07, 6.45) is 2.39. The number of carboxylic acids is 1. The minimum absolute atomic E-state index is 0.0357. The average Bonchev–Trinajstić information content (AvgIpc) is 2.93. The third-order valence-corrected chi connectivity index (χ3v) is 6.43. The molecule has 0 radical (unpaired) electrons. The van der Waals surface area contributed by atoms with Crippen LogP contribution in [0.3, 0.4) is 0 Å². The van der Waals surface area contributed by atoms with Crippen LogP contribution in [0.4, 0.5) is 28.4 Å². The van der Waals surface area contributed by atoms with Crippen molar-refractivity contribution >= 4 is 46.6 Å². The molecule has 1 unspecified atom stereocenters. The largest absolute Gasteiger partial charge is 0.480 e. The Bertz CT molecular complexity index is 1640. The molecular formula is C31H28N4O4. The highest BCUT2D eigenvalue weighted by Gasteiger charge is 2.17. The van der Waals surface area contributed by atoms with E-state index in [9.17, 15) is 14.4 Å². The van der Waals surface area contributed by atoms with Gasteiger partial charge in [-0.1, -0.05) is 12.1 Å². The second kappa shape index (κ2) is 11.1. The molecule has 0 saturated carbocycles. The number of carboxylic acid groups (broad SMARTS) is 1. The molecule has 39 heavy (non-hydrogen) atoms. The molecule has 0 fully saturated rings. The smallest absolute Gasteiger partial charge is 0.324 e. The van der Waals surface area contributed by atoms with Crippen LogP contribution in [0, 0.1) is 17.2 Å². The molecule has 0 aliphatic heterocycles. The van der Waals surface area contributed by atoms with E-state index in [0.717, 1.165) is 34.5 Å². The van der Waals surface area contributed by atoms with E-state index in [0.29, 0.717) is 5.56 Å². The molecule has 0 spiro atoms. The molecule has 0 aromatic heterocycles. The zero-order valence-electron chi connectivity index (χ0n) is 22.1. The molecule has 8 heteroatoms. The summed E-state index contributed by atoms with van der Waals surface area (Å²) in [7, 11) is 7.96. The van der Waals surface area contributed by atoms with Crippen molar-refractivity contribution in [1.29, 1.82) is 5.26 Å². The summed E-state index contributed by atoms with van der Waals surface area (Å²) < 4.78 is 0. The van der Waals surface area contributed by atoms with Crippen molar-refractivity contribution in [2.45, 2.75) is 0 Å². The molecule has 0 bridgehead atoms. The van der Waals surface area contributed by atoms with Crippen LogP contribution in [0.2, 0.25) is 0 Å². The van der Waals surface area contributed by atoms with Gasteiger partial charge in [0.2, 0.25) is 10.9 Å². The summed E-state index contributed by atoms with van der Waals surface area (Å²) >= 11 is 0. The van der Waals surface area contributed by atoms with Crippen molar-refractivity contribution in [2.75, 3.05) is 42.9 Å². The third kappa shape index (κ3) is 5.58. The van der Waals surface area contributed by atoms with Gasteiger partial charge in [0.1, 0.15) is 0 Å². The number of aliphatic carboxylic acids is 1. The second-order valence-electron chi connectivity index (χ2n) is 9.49. The van der Waals surface area contributed by atoms with Gasteiger partial charge in [-0.25, -0.2) is 0 Å². The van der Waals surface area contributed by atoms with E-state index in [1.165, 1.54) is 6.08 Å². The van der Waals surface area contributed by atoms with E-state index >= 15 is 0 Å². The van der Waals surface area contributed by atoms with E-state index in [2.05, 4.69) is 53.4 Å². The average molecular weight is 521 g/mol. The van der Waals surface area contributed by atoms with Crippen LogP contribution in [-0.4, -0.2) is 39.3 Å². The highest BCUT2D eigenvalue weighted by molar-refractivity contribution is 5.80. The Kier molecular flexibility index (Phi) is 7.63. The fourth-order valence-electron chi connectivity index (χ4n) is 4.18. The van der Waals surface area contributed by atoms with Gasteiger partial charge in [-0.3, -0.25) is 14.4 Å². The molecule has 1 atom stereocenters. The minimum atomic E-state index is -1.54. The van der Waals surface area contributed by atoms with Gasteiger partial charge < -0.3 is 19.8 Å². The van der Waals surface area contributed by atoms with Gasteiger partial charge in [0, 0.05) is 56.6 Å². The summed E-state index contributed by atoms with van der Waals surface area (Å²) in [5, 5.41) is 17.6. The molecule has 0 heterocycles. The maximum Gasteiger partial charge on any atom is 0.324 e. The van der Waals surface area contributed by atoms with Crippen LogP contribution in [0.25, 0.3) is 12.2 Å². The molecule has 1 N–H and O–H groups in total. The number of rotatable bonds is 8. The molecule has 4 aromatic rings. The number of hydrogen-bond acceptors (Lipinski definition) is 7. The fourth-order valence-corrected chi connectivity index (χ4v) is 4.18. The Hall–Kier alpha value is -5.16. The third-order valence-electron chi connectivity index (χ3n) is 6.43. The highest BCUT2D eigenvalue weighted by Crippen LogP contribution is 2.36. The van der Waals surface area contributed by atoms with Gasteiger partial charge in [-0.15, -0.1) is 0 Å². The molecule has 4 rings (SSSR count). The van der Waals surface area contributed by atoms with Crippen molar-refractivity contribution in [3.63, 3.8) is 0 Å². The quantitative estimate of drug-likeness (QED) is 0.378. The van der Waals surface area contributed by atoms with E-state index in [4.69, 9.17) is 10.4 Å². The van der Waals surface area contributed by atoms with Gasteiger partial charge in [-0.05, 0) is 78.4 Å². The first-order valence-electron chi connectivity index (χ1n) is 12.2. The maximum absolute atomic E-state index is 12.5. The lowest BCUT2D eigenvalue weighted by Gasteiger charge is -2.27. The summed E-state index contributed by atoms with van der Waals surface area (Å²) in [5.74, 6) is -2.95. The standard InChI is InChI=1S/C31H28N4O4/c1-33(2)22-9-13-25(14-10-22)35(26-15-11-23(12-16-26)34(3)4)24-7-5-20(6-8-24)17-27-29(36)28(30(27)37)18-21(19-32)31(38)39/h5-18,21H,1-4H3,(H,38,39). The number of nitriles is 1. The summed E-state index contributed by atoms with van der Waals surface area (Å²) in [6.45, 7) is 0. The van der Waals surface area contributed by atoms with Crippen molar-refractivity contribution in [2.24, 2.45) is 5.92 Å². The molecule has 196 valence electrons. The lowest BCUT2D eigenvalue weighted by molar-refractivity contribution is -0.137. The number of nitrogens with zero attached hydrogens (tertiary/aromatic N) is 4. The minimum Gasteiger partial charge on any atom is -0.480 e. The second-order valence-corrected chi connectivity index (χ2v) is 9.49. The van der Waals surface area contributed by atoms with Gasteiger partial charge >= 0.3 is 5.97 Å². The Balaban J connectivity index is 1.72. The van der Waals surface area contributed by atoms with Crippen molar-refractivity contribution < 1.29 is 9.90 Å². The Morgan fingerprint density at radius 2 is 1.10 bits per heavy atom. The van der Waals surface area contributed by atoms with E-state index in [1.54, 1.807) is 6.07 Å². The molecule has 0 aliphatic carbocycles. The van der Waals surface area contributed by atoms with Crippen LogP contribution in [-0.2, 0) is 4.79 Å². The number of benzene rings is 3. The lowest BCUT2D eigenvalue weighted by atomic mass is 10.0. The molecule has 0 aliphatic rings. The van der Waals surface area contributed by atoms with E-state index < -0.39 is 22.7 Å². The van der Waals surface area contributed by atoms with Gasteiger partial charge in [0.25, 0.3) is 0 Å². The predicted octanol–water partition coefficient (Wildman–Crippen LogP) is 2.72. The molecule has 0 saturated heterocycles. The van der Waals surface area contributed by atoms with Crippen LogP contribution in [0.15, 0.2) is 82.4 Å². The number of carbonyl (C=O) groups is 1. The maximum atomic E-state index is 12.5. The summed E-state index contributed by atoms with van der Waals surface area (Å²) in [4.78, 5) is 42.2. The Labute approximate surface area is 225 Å². The molecule has 0 amide bonds. The first kappa shape index (κ1) is 26.9. The van der Waals surface area contributed by atoms with E-state index in [1.807, 2.05) is 62.3 Å². The molecule has 8 nitrogen and oxygen atoms in total. The van der Waals surface area contributed by atoms with Crippen LogP contribution >= 0.6 is 0 Å². The van der Waals surface area contributed by atoms with Crippen molar-refractivity contribution in [3.8, 4) is 6.07 Å². The normalized spacial score (nSPS) is 11.4. The summed E-state index contributed by atoms with van der Waals surface area (Å²) in [5.41, 5.74) is 4.51. The first-order chi connectivity index (χ1) is 18.6. The van der Waals surface area contributed by atoms with Crippen LogP contribution < -0.4 is 36.0 Å². The topological polar surface area (TPSA) is 105 Å². The number of hydrogen-bond donors (Lipinski definition) is 1. The fraction of sp³-hybridized carbons (Fsp3) is 0.161.